The fourth-order valence-corrected chi connectivity index (χ4v) is 3.70. The molecular formula is C24H27ClN2O4. The summed E-state index contributed by atoms with van der Waals surface area (Å²) in [6, 6.07) is 13.1. The highest BCUT2D eigenvalue weighted by molar-refractivity contribution is 6.31. The van der Waals surface area contributed by atoms with Gasteiger partial charge in [0, 0.05) is 29.4 Å². The normalized spacial score (nSPS) is 15.8. The molecule has 1 fully saturated rings. The van der Waals surface area contributed by atoms with Crippen LogP contribution in [0.3, 0.4) is 0 Å². The van der Waals surface area contributed by atoms with Crippen molar-refractivity contribution in [2.45, 2.75) is 39.5 Å². The van der Waals surface area contributed by atoms with E-state index in [9.17, 15) is 14.4 Å². The summed E-state index contributed by atoms with van der Waals surface area (Å²) in [6.07, 6.45) is 3.34. The molecule has 0 aromatic heterocycles. The van der Waals surface area contributed by atoms with E-state index >= 15 is 0 Å². The summed E-state index contributed by atoms with van der Waals surface area (Å²) in [5.74, 6) is -1.72. The molecule has 0 spiro atoms. The van der Waals surface area contributed by atoms with Gasteiger partial charge >= 0.3 is 5.97 Å². The number of unbranched alkanes of at least 4 members (excludes halogenated alkanes) is 1. The molecule has 0 aliphatic carbocycles. The number of ether oxygens (including phenoxy) is 1. The summed E-state index contributed by atoms with van der Waals surface area (Å²) >= 11 is 6.05. The quantitative estimate of drug-likeness (QED) is 0.609. The first-order valence-electron chi connectivity index (χ1n) is 10.5. The van der Waals surface area contributed by atoms with Crippen LogP contribution < -0.4 is 10.2 Å². The van der Waals surface area contributed by atoms with Gasteiger partial charge in [-0.2, -0.15) is 0 Å². The average molecular weight is 443 g/mol. The molecule has 1 heterocycles. The smallest absolute Gasteiger partial charge is 0.311 e. The molecule has 0 saturated carbocycles. The molecule has 0 radical (unpaired) electrons. The first-order valence-corrected chi connectivity index (χ1v) is 10.9. The number of nitrogens with one attached hydrogen (secondary N) is 1. The molecular weight excluding hydrogens is 416 g/mol. The van der Waals surface area contributed by atoms with Crippen LogP contribution >= 0.6 is 11.6 Å². The highest BCUT2D eigenvalue weighted by atomic mass is 35.5. The molecule has 31 heavy (non-hydrogen) atoms. The second kappa shape index (κ2) is 10.4. The van der Waals surface area contributed by atoms with Crippen molar-refractivity contribution in [3.8, 4) is 0 Å². The maximum atomic E-state index is 12.4. The Hall–Kier alpha value is -2.86. The first-order chi connectivity index (χ1) is 14.9. The minimum atomic E-state index is -0.590. The maximum absolute atomic E-state index is 12.4. The van der Waals surface area contributed by atoms with Crippen molar-refractivity contribution in [2.24, 2.45) is 5.92 Å². The Bertz CT molecular complexity index is 959. The summed E-state index contributed by atoms with van der Waals surface area (Å²) < 4.78 is 5.16. The highest BCUT2D eigenvalue weighted by Crippen LogP contribution is 2.27. The second-order valence-electron chi connectivity index (χ2n) is 7.74. The number of anilines is 2. The van der Waals surface area contributed by atoms with Gasteiger partial charge in [0.1, 0.15) is 0 Å². The van der Waals surface area contributed by atoms with Crippen LogP contribution in [-0.4, -0.2) is 30.9 Å². The number of halogens is 1. The van der Waals surface area contributed by atoms with Crippen LogP contribution in [0.25, 0.3) is 0 Å². The SMILES string of the molecule is CCCCc1ccc(N2C[C@H](C(=O)OCC(=O)Nc3cccc(Cl)c3C)CC2=O)cc1. The summed E-state index contributed by atoms with van der Waals surface area (Å²) in [5, 5.41) is 3.22. The second-order valence-corrected chi connectivity index (χ2v) is 8.15. The number of nitrogens with zero attached hydrogens (tertiary/aromatic N) is 1. The molecule has 0 bridgehead atoms. The monoisotopic (exact) mass is 442 g/mol. The lowest BCUT2D eigenvalue weighted by molar-refractivity contribution is -0.151. The van der Waals surface area contributed by atoms with Crippen molar-refractivity contribution in [3.05, 3.63) is 58.6 Å². The minimum absolute atomic E-state index is 0.0748. The zero-order chi connectivity index (χ0) is 22.4. The largest absolute Gasteiger partial charge is 0.455 e. The zero-order valence-electron chi connectivity index (χ0n) is 17.8. The summed E-state index contributed by atoms with van der Waals surface area (Å²) in [4.78, 5) is 38.6. The van der Waals surface area contributed by atoms with E-state index in [1.54, 1.807) is 30.0 Å². The fraction of sp³-hybridized carbons (Fsp3) is 0.375. The van der Waals surface area contributed by atoms with Gasteiger partial charge in [-0.05, 0) is 55.2 Å². The van der Waals surface area contributed by atoms with Gasteiger partial charge in [-0.25, -0.2) is 0 Å². The highest BCUT2D eigenvalue weighted by Gasteiger charge is 2.36. The van der Waals surface area contributed by atoms with Gasteiger partial charge in [-0.1, -0.05) is 43.1 Å². The van der Waals surface area contributed by atoms with E-state index in [-0.39, 0.29) is 18.9 Å². The van der Waals surface area contributed by atoms with Gasteiger partial charge in [0.2, 0.25) is 5.91 Å². The molecule has 2 aromatic rings. The average Bonchev–Trinajstić information content (AvgIpc) is 3.16. The number of rotatable bonds is 8. The third-order valence-corrected chi connectivity index (χ3v) is 5.82. The summed E-state index contributed by atoms with van der Waals surface area (Å²) in [7, 11) is 0. The molecule has 7 heteroatoms. The lowest BCUT2D eigenvalue weighted by Crippen LogP contribution is -2.28. The van der Waals surface area contributed by atoms with E-state index in [1.165, 1.54) is 5.56 Å². The Morgan fingerprint density at radius 3 is 2.65 bits per heavy atom. The molecule has 2 amide bonds. The molecule has 1 aliphatic heterocycles. The predicted octanol–water partition coefficient (Wildman–Crippen LogP) is 4.53. The number of hydrogen-bond donors (Lipinski definition) is 1. The molecule has 2 aromatic carbocycles. The van der Waals surface area contributed by atoms with Crippen molar-refractivity contribution >= 4 is 40.8 Å². The van der Waals surface area contributed by atoms with E-state index in [1.807, 2.05) is 24.3 Å². The van der Waals surface area contributed by atoms with E-state index < -0.39 is 24.4 Å². The van der Waals surface area contributed by atoms with Crippen LogP contribution in [0.2, 0.25) is 5.02 Å². The van der Waals surface area contributed by atoms with Crippen LogP contribution in [0.1, 0.15) is 37.3 Å². The topological polar surface area (TPSA) is 75.7 Å². The summed E-state index contributed by atoms with van der Waals surface area (Å²) in [6.45, 7) is 3.78. The number of aryl methyl sites for hydroxylation is 1. The molecule has 164 valence electrons. The van der Waals surface area contributed by atoms with Crippen LogP contribution in [-0.2, 0) is 25.5 Å². The number of benzene rings is 2. The number of esters is 1. The Balaban J connectivity index is 1.51. The van der Waals surface area contributed by atoms with E-state index in [2.05, 4.69) is 12.2 Å². The number of carbonyl (C=O) groups is 3. The van der Waals surface area contributed by atoms with Crippen LogP contribution in [0.4, 0.5) is 11.4 Å². The third-order valence-electron chi connectivity index (χ3n) is 5.41. The number of carbonyl (C=O) groups excluding carboxylic acids is 3. The minimum Gasteiger partial charge on any atom is -0.455 e. The molecule has 0 unspecified atom stereocenters. The standard InChI is InChI=1S/C24H27ClN2O4/c1-3-4-6-17-9-11-19(12-10-17)27-14-18(13-23(27)29)24(30)31-15-22(28)26-21-8-5-7-20(25)16(21)2/h5,7-12,18H,3-4,6,13-15H2,1-2H3,(H,26,28)/t18-/m1/s1. The number of amides is 2. The van der Waals surface area contributed by atoms with Gasteiger partial charge < -0.3 is 15.0 Å². The van der Waals surface area contributed by atoms with Crippen LogP contribution in [0.5, 0.6) is 0 Å². The van der Waals surface area contributed by atoms with E-state index in [0.717, 1.165) is 30.5 Å². The van der Waals surface area contributed by atoms with E-state index in [4.69, 9.17) is 16.3 Å². The number of hydrogen-bond acceptors (Lipinski definition) is 4. The molecule has 1 N–H and O–H groups in total. The Labute approximate surface area is 187 Å². The predicted molar refractivity (Wildman–Crippen MR) is 121 cm³/mol. The van der Waals surface area contributed by atoms with Crippen LogP contribution in [0, 0.1) is 12.8 Å². The van der Waals surface area contributed by atoms with Crippen LogP contribution in [0.15, 0.2) is 42.5 Å². The molecule has 6 nitrogen and oxygen atoms in total. The van der Waals surface area contributed by atoms with Gasteiger partial charge in [-0.3, -0.25) is 14.4 Å². The van der Waals surface area contributed by atoms with E-state index in [0.29, 0.717) is 10.7 Å². The van der Waals surface area contributed by atoms with Crippen molar-refractivity contribution in [2.75, 3.05) is 23.4 Å². The molecule has 1 aliphatic rings. The third kappa shape index (κ3) is 5.85. The summed E-state index contributed by atoms with van der Waals surface area (Å²) in [5.41, 5.74) is 3.31. The zero-order valence-corrected chi connectivity index (χ0v) is 18.6. The lowest BCUT2D eigenvalue weighted by atomic mass is 10.1. The van der Waals surface area contributed by atoms with Gasteiger partial charge in [0.25, 0.3) is 5.91 Å². The Kier molecular flexibility index (Phi) is 7.69. The van der Waals surface area contributed by atoms with Gasteiger partial charge in [0.05, 0.1) is 5.92 Å². The maximum Gasteiger partial charge on any atom is 0.311 e. The van der Waals surface area contributed by atoms with Crippen molar-refractivity contribution in [1.82, 2.24) is 0 Å². The van der Waals surface area contributed by atoms with Crippen molar-refractivity contribution in [1.29, 1.82) is 0 Å². The van der Waals surface area contributed by atoms with Crippen molar-refractivity contribution in [3.63, 3.8) is 0 Å². The molecule has 3 rings (SSSR count). The molecule has 1 atom stereocenters. The lowest BCUT2D eigenvalue weighted by Gasteiger charge is -2.17. The Morgan fingerprint density at radius 1 is 1.19 bits per heavy atom. The fourth-order valence-electron chi connectivity index (χ4n) is 3.52. The van der Waals surface area contributed by atoms with Gasteiger partial charge in [0.15, 0.2) is 6.61 Å². The van der Waals surface area contributed by atoms with Gasteiger partial charge in [-0.15, -0.1) is 0 Å². The molecule has 1 saturated heterocycles. The Morgan fingerprint density at radius 2 is 1.94 bits per heavy atom. The first kappa shape index (κ1) is 22.8. The van der Waals surface area contributed by atoms with Crippen molar-refractivity contribution < 1.29 is 19.1 Å².